The van der Waals surface area contributed by atoms with Crippen LogP contribution in [0.1, 0.15) is 37.0 Å². The van der Waals surface area contributed by atoms with Crippen LogP contribution >= 0.6 is 11.6 Å². The summed E-state index contributed by atoms with van der Waals surface area (Å²) in [7, 11) is 0. The Morgan fingerprint density at radius 2 is 1.81 bits per heavy atom. The second kappa shape index (κ2) is 8.91. The van der Waals surface area contributed by atoms with Crippen molar-refractivity contribution in [3.8, 4) is 5.75 Å². The molecular formula is C24H29ClO7. The fourth-order valence-corrected chi connectivity index (χ4v) is 4.76. The largest absolute Gasteiger partial charge is 0.494 e. The molecule has 1 unspecified atom stereocenters. The van der Waals surface area contributed by atoms with Gasteiger partial charge in [-0.25, -0.2) is 0 Å². The molecule has 2 aromatic carbocycles. The lowest BCUT2D eigenvalue weighted by atomic mass is 9.80. The summed E-state index contributed by atoms with van der Waals surface area (Å²) in [5.41, 5.74) is 0.693. The first-order valence-electron chi connectivity index (χ1n) is 10.8. The molecule has 2 aliphatic rings. The molecule has 8 heteroatoms. The highest BCUT2D eigenvalue weighted by Gasteiger charge is 2.69. The van der Waals surface area contributed by atoms with Gasteiger partial charge in [-0.15, -0.1) is 0 Å². The van der Waals surface area contributed by atoms with Gasteiger partial charge in [0.05, 0.1) is 19.3 Å². The molecule has 4 N–H and O–H groups in total. The molecule has 2 saturated heterocycles. The minimum absolute atomic E-state index is 0.172. The molecule has 2 fully saturated rings. The van der Waals surface area contributed by atoms with Gasteiger partial charge in [0.2, 0.25) is 5.79 Å². The van der Waals surface area contributed by atoms with E-state index in [4.69, 9.17) is 25.8 Å². The molecule has 0 amide bonds. The second-order valence-electron chi connectivity index (χ2n) is 8.38. The summed E-state index contributed by atoms with van der Waals surface area (Å²) in [5.74, 6) is -0.945. The van der Waals surface area contributed by atoms with Crippen LogP contribution in [0.15, 0.2) is 42.5 Å². The number of halogens is 1. The van der Waals surface area contributed by atoms with Crippen LogP contribution in [0.4, 0.5) is 0 Å². The van der Waals surface area contributed by atoms with Crippen LogP contribution in [0, 0.1) is 0 Å². The molecule has 0 aromatic heterocycles. The van der Waals surface area contributed by atoms with Gasteiger partial charge < -0.3 is 34.6 Å². The lowest BCUT2D eigenvalue weighted by Gasteiger charge is -2.48. The first-order chi connectivity index (χ1) is 15.3. The van der Waals surface area contributed by atoms with Crippen LogP contribution in [0.5, 0.6) is 5.75 Å². The fourth-order valence-electron chi connectivity index (χ4n) is 4.58. The van der Waals surface area contributed by atoms with E-state index in [2.05, 4.69) is 0 Å². The zero-order valence-corrected chi connectivity index (χ0v) is 18.8. The molecule has 2 heterocycles. The molecule has 2 aliphatic heterocycles. The van der Waals surface area contributed by atoms with Crippen molar-refractivity contribution in [1.82, 2.24) is 0 Å². The smallest absolute Gasteiger partial charge is 0.225 e. The van der Waals surface area contributed by atoms with E-state index in [-0.39, 0.29) is 13.0 Å². The molecule has 0 radical (unpaired) electrons. The lowest BCUT2D eigenvalue weighted by molar-refractivity contribution is -0.338. The minimum Gasteiger partial charge on any atom is -0.494 e. The van der Waals surface area contributed by atoms with Gasteiger partial charge in [0, 0.05) is 10.6 Å². The average molecular weight is 465 g/mol. The first-order valence-corrected chi connectivity index (χ1v) is 11.2. The maximum Gasteiger partial charge on any atom is 0.225 e. The number of rotatable bonds is 7. The summed E-state index contributed by atoms with van der Waals surface area (Å²) in [6.45, 7) is 4.08. The zero-order valence-electron chi connectivity index (χ0n) is 18.1. The van der Waals surface area contributed by atoms with E-state index >= 15 is 0 Å². The highest BCUT2D eigenvalue weighted by atomic mass is 35.5. The Morgan fingerprint density at radius 1 is 1.09 bits per heavy atom. The predicted molar refractivity (Wildman–Crippen MR) is 118 cm³/mol. The summed E-state index contributed by atoms with van der Waals surface area (Å²) in [6.07, 6.45) is -4.91. The zero-order chi connectivity index (χ0) is 23.1. The van der Waals surface area contributed by atoms with Crippen LogP contribution in [-0.2, 0) is 21.7 Å². The Hall–Kier alpha value is -1.71. The van der Waals surface area contributed by atoms with Gasteiger partial charge in [0.25, 0.3) is 0 Å². The molecule has 7 nitrogen and oxygen atoms in total. The molecule has 2 bridgehead atoms. The molecule has 0 saturated carbocycles. The van der Waals surface area contributed by atoms with Gasteiger partial charge in [0.1, 0.15) is 29.7 Å². The molecular weight excluding hydrogens is 436 g/mol. The van der Waals surface area contributed by atoms with Crippen molar-refractivity contribution in [3.63, 3.8) is 0 Å². The fraction of sp³-hybridized carbons (Fsp3) is 0.500. The Kier molecular flexibility index (Phi) is 6.53. The van der Waals surface area contributed by atoms with E-state index in [0.29, 0.717) is 23.6 Å². The van der Waals surface area contributed by atoms with Gasteiger partial charge in [-0.05, 0) is 55.2 Å². The highest BCUT2D eigenvalue weighted by molar-refractivity contribution is 6.31. The topological polar surface area (TPSA) is 109 Å². The third-order valence-electron chi connectivity index (χ3n) is 6.42. The minimum atomic E-state index is -1.73. The van der Waals surface area contributed by atoms with E-state index < -0.39 is 35.8 Å². The number of hydrogen-bond donors (Lipinski definition) is 4. The van der Waals surface area contributed by atoms with Gasteiger partial charge in [-0.3, -0.25) is 0 Å². The number of aliphatic hydroxyl groups excluding tert-OH is 4. The standard InChI is InChI=1S/C24H29ClO7/c1-3-19(26)23-13-31-24(32-23,22(29)20(27)21(23)28)16-7-10-18(25)15(12-16)11-14-5-8-17(9-6-14)30-4-2/h5-10,12,19-22,26-29H,3-4,11,13H2,1-2H3/t19?,20-,21-,22+,23-,24-/m0/s1. The normalized spacial score (nSPS) is 32.7. The third kappa shape index (κ3) is 3.72. The van der Waals surface area contributed by atoms with Gasteiger partial charge in [0.15, 0.2) is 0 Å². The molecule has 4 rings (SSSR count). The van der Waals surface area contributed by atoms with Crippen LogP contribution in [0.3, 0.4) is 0 Å². The highest BCUT2D eigenvalue weighted by Crippen LogP contribution is 2.51. The summed E-state index contributed by atoms with van der Waals surface area (Å²) >= 11 is 6.46. The van der Waals surface area contributed by atoms with E-state index in [1.54, 1.807) is 25.1 Å². The summed E-state index contributed by atoms with van der Waals surface area (Å²) in [6, 6.07) is 12.8. The number of hydrogen-bond acceptors (Lipinski definition) is 7. The van der Waals surface area contributed by atoms with Crippen molar-refractivity contribution in [1.29, 1.82) is 0 Å². The predicted octanol–water partition coefficient (Wildman–Crippen LogP) is 2.14. The van der Waals surface area contributed by atoms with Crippen molar-refractivity contribution in [2.45, 2.75) is 62.5 Å². The maximum atomic E-state index is 10.8. The lowest BCUT2D eigenvalue weighted by Crippen LogP contribution is -2.68. The Bertz CT molecular complexity index is 952. The quantitative estimate of drug-likeness (QED) is 0.497. The van der Waals surface area contributed by atoms with Crippen LogP contribution in [-0.4, -0.2) is 63.7 Å². The molecule has 6 atom stereocenters. The Balaban J connectivity index is 1.68. The SMILES string of the molecule is CCOc1ccc(Cc2cc([C@]34OC[C@@](C(O)CC)(O3)[C@@H](O)[C@H](O)[C@H]4O)ccc2Cl)cc1. The Labute approximate surface area is 192 Å². The average Bonchev–Trinajstić information content (AvgIpc) is 3.19. The summed E-state index contributed by atoms with van der Waals surface area (Å²) in [4.78, 5) is 0. The van der Waals surface area contributed by atoms with Gasteiger partial charge >= 0.3 is 0 Å². The molecule has 0 aliphatic carbocycles. The monoisotopic (exact) mass is 464 g/mol. The number of ether oxygens (including phenoxy) is 3. The van der Waals surface area contributed by atoms with E-state index in [1.165, 1.54) is 0 Å². The summed E-state index contributed by atoms with van der Waals surface area (Å²) < 4.78 is 17.5. The van der Waals surface area contributed by atoms with E-state index in [0.717, 1.165) is 16.9 Å². The Morgan fingerprint density at radius 3 is 2.47 bits per heavy atom. The first kappa shape index (κ1) is 23.4. The van der Waals surface area contributed by atoms with Crippen molar-refractivity contribution in [3.05, 3.63) is 64.2 Å². The molecule has 0 spiro atoms. The number of aliphatic hydroxyl groups is 4. The number of fused-ring (bicyclic) bond motifs is 2. The maximum absolute atomic E-state index is 10.8. The summed E-state index contributed by atoms with van der Waals surface area (Å²) in [5, 5.41) is 43.1. The van der Waals surface area contributed by atoms with Crippen LogP contribution in [0.2, 0.25) is 5.02 Å². The van der Waals surface area contributed by atoms with Crippen molar-refractivity contribution in [2.75, 3.05) is 13.2 Å². The van der Waals surface area contributed by atoms with Crippen molar-refractivity contribution in [2.24, 2.45) is 0 Å². The van der Waals surface area contributed by atoms with Gasteiger partial charge in [-0.1, -0.05) is 36.7 Å². The van der Waals surface area contributed by atoms with E-state index in [9.17, 15) is 20.4 Å². The number of benzene rings is 2. The van der Waals surface area contributed by atoms with Crippen molar-refractivity contribution >= 4 is 11.6 Å². The third-order valence-corrected chi connectivity index (χ3v) is 6.79. The van der Waals surface area contributed by atoms with Gasteiger partial charge in [-0.2, -0.15) is 0 Å². The molecule has 2 aromatic rings. The van der Waals surface area contributed by atoms with Crippen molar-refractivity contribution < 1.29 is 34.6 Å². The van der Waals surface area contributed by atoms with Crippen LogP contribution in [0.25, 0.3) is 0 Å². The van der Waals surface area contributed by atoms with E-state index in [1.807, 2.05) is 31.2 Å². The molecule has 32 heavy (non-hydrogen) atoms. The van der Waals surface area contributed by atoms with Crippen LogP contribution < -0.4 is 4.74 Å². The molecule has 174 valence electrons. The second-order valence-corrected chi connectivity index (χ2v) is 8.78.